The minimum Gasteiger partial charge on any atom is -0.457 e. The van der Waals surface area contributed by atoms with Crippen LogP contribution >= 0.6 is 0 Å². The topological polar surface area (TPSA) is 115 Å². The summed E-state index contributed by atoms with van der Waals surface area (Å²) in [5.41, 5.74) is -0.427. The second-order valence-corrected chi connectivity index (χ2v) is 6.54. The Bertz CT molecular complexity index is 1160. The van der Waals surface area contributed by atoms with Gasteiger partial charge in [0.1, 0.15) is 17.3 Å². The largest absolute Gasteiger partial charge is 0.457 e. The molecule has 0 saturated heterocycles. The highest BCUT2D eigenvalue weighted by Crippen LogP contribution is 2.34. The number of pyridine rings is 1. The van der Waals surface area contributed by atoms with Gasteiger partial charge in [-0.3, -0.25) is 4.79 Å². The fourth-order valence-corrected chi connectivity index (χ4v) is 2.71. The molecule has 10 heteroatoms. The van der Waals surface area contributed by atoms with Crippen LogP contribution in [0.25, 0.3) is 11.3 Å². The molecule has 32 heavy (non-hydrogen) atoms. The lowest BCUT2D eigenvalue weighted by molar-refractivity contribution is -0.137. The molecule has 3 rings (SSSR count). The van der Waals surface area contributed by atoms with E-state index in [1.54, 1.807) is 36.4 Å². The maximum Gasteiger partial charge on any atom is 0.417 e. The van der Waals surface area contributed by atoms with E-state index >= 15 is 0 Å². The fraction of sp³-hybridized carbons (Fsp3) is 0.136. The molecule has 3 aromatic rings. The van der Waals surface area contributed by atoms with Gasteiger partial charge in [-0.05, 0) is 54.6 Å². The molecule has 1 atom stereocenters. The average molecular weight is 443 g/mol. The number of rotatable bonds is 6. The van der Waals surface area contributed by atoms with Gasteiger partial charge < -0.3 is 20.3 Å². The summed E-state index contributed by atoms with van der Waals surface area (Å²) in [6.07, 6.45) is -6.20. The first kappa shape index (κ1) is 22.7. The van der Waals surface area contributed by atoms with Crippen molar-refractivity contribution in [3.05, 3.63) is 71.8 Å². The molecule has 1 heterocycles. The van der Waals surface area contributed by atoms with Crippen molar-refractivity contribution in [3.63, 3.8) is 0 Å². The highest BCUT2D eigenvalue weighted by Gasteiger charge is 2.33. The van der Waals surface area contributed by atoms with Crippen LogP contribution in [0.3, 0.4) is 0 Å². The number of alkyl halides is 3. The first-order valence-corrected chi connectivity index (χ1v) is 9.17. The molecule has 0 aliphatic carbocycles. The molecule has 1 unspecified atom stereocenters. The Balaban J connectivity index is 1.76. The van der Waals surface area contributed by atoms with Gasteiger partial charge in [0.25, 0.3) is 5.91 Å². The van der Waals surface area contributed by atoms with Crippen molar-refractivity contribution < 1.29 is 32.9 Å². The lowest BCUT2D eigenvalue weighted by Crippen LogP contribution is -2.30. The Morgan fingerprint density at radius 2 is 1.81 bits per heavy atom. The number of halogens is 3. The third-order valence-corrected chi connectivity index (χ3v) is 4.28. The summed E-state index contributed by atoms with van der Waals surface area (Å²) in [5.74, 6) is -0.219. The molecule has 2 aromatic carbocycles. The lowest BCUT2D eigenvalue weighted by Gasteiger charge is -2.12. The van der Waals surface area contributed by atoms with E-state index in [-0.39, 0.29) is 11.6 Å². The number of benzene rings is 2. The van der Waals surface area contributed by atoms with Gasteiger partial charge in [0.15, 0.2) is 6.10 Å². The lowest BCUT2D eigenvalue weighted by atomic mass is 10.1. The predicted octanol–water partition coefficient (Wildman–Crippen LogP) is 3.72. The highest BCUT2D eigenvalue weighted by molar-refractivity contribution is 5.93. The quantitative estimate of drug-likeness (QED) is 0.535. The number of aromatic nitrogens is 1. The van der Waals surface area contributed by atoms with Crippen molar-refractivity contribution >= 4 is 11.7 Å². The Labute approximate surface area is 180 Å². The molecular weight excluding hydrogens is 427 g/mol. The molecule has 7 nitrogen and oxygen atoms in total. The standard InChI is InChI=1S/C22H16F3N3O4/c23-22(24,25)17-9-8-16(10-14(17)11-26)32-15-6-4-13(5-7-15)18-2-1-3-20(27-18)28-21(31)19(30)12-29/h1-10,19,29-30H,12H2,(H,27,28,31). The van der Waals surface area contributed by atoms with E-state index in [1.807, 2.05) is 0 Å². The average Bonchev–Trinajstić information content (AvgIpc) is 2.78. The summed E-state index contributed by atoms with van der Waals surface area (Å²) in [6, 6.07) is 15.7. The van der Waals surface area contributed by atoms with Crippen LogP contribution in [0.1, 0.15) is 11.1 Å². The van der Waals surface area contributed by atoms with Gasteiger partial charge in [0, 0.05) is 5.56 Å². The Morgan fingerprint density at radius 3 is 2.44 bits per heavy atom. The molecule has 164 valence electrons. The van der Waals surface area contributed by atoms with E-state index in [1.165, 1.54) is 12.1 Å². The van der Waals surface area contributed by atoms with Crippen LogP contribution in [0.5, 0.6) is 11.5 Å². The van der Waals surface area contributed by atoms with Crippen LogP contribution in [0.4, 0.5) is 19.0 Å². The highest BCUT2D eigenvalue weighted by atomic mass is 19.4. The normalized spacial score (nSPS) is 12.0. The van der Waals surface area contributed by atoms with Crippen LogP contribution in [-0.4, -0.2) is 33.8 Å². The van der Waals surface area contributed by atoms with Gasteiger partial charge in [-0.2, -0.15) is 18.4 Å². The zero-order valence-electron chi connectivity index (χ0n) is 16.3. The summed E-state index contributed by atoms with van der Waals surface area (Å²) < 4.78 is 44.3. The maximum atomic E-state index is 12.9. The number of nitriles is 1. The molecule has 0 spiro atoms. The number of nitrogens with one attached hydrogen (secondary N) is 1. The van der Waals surface area contributed by atoms with Crippen molar-refractivity contribution in [2.75, 3.05) is 11.9 Å². The predicted molar refractivity (Wildman–Crippen MR) is 108 cm³/mol. The van der Waals surface area contributed by atoms with Gasteiger partial charge >= 0.3 is 6.18 Å². The maximum absolute atomic E-state index is 12.9. The van der Waals surface area contributed by atoms with Crippen LogP contribution in [0, 0.1) is 11.3 Å². The van der Waals surface area contributed by atoms with E-state index in [0.717, 1.165) is 18.2 Å². The van der Waals surface area contributed by atoms with E-state index in [4.69, 9.17) is 15.1 Å². The molecule has 0 saturated carbocycles. The molecule has 0 radical (unpaired) electrons. The molecule has 0 aliphatic heterocycles. The zero-order valence-corrected chi connectivity index (χ0v) is 16.3. The van der Waals surface area contributed by atoms with E-state index in [0.29, 0.717) is 17.0 Å². The van der Waals surface area contributed by atoms with Crippen molar-refractivity contribution in [1.29, 1.82) is 5.26 Å². The van der Waals surface area contributed by atoms with Crippen LogP contribution in [0.2, 0.25) is 0 Å². The number of hydrogen-bond donors (Lipinski definition) is 3. The molecular formula is C22H16F3N3O4. The van der Waals surface area contributed by atoms with Crippen molar-refractivity contribution in [1.82, 2.24) is 4.98 Å². The number of hydrogen-bond acceptors (Lipinski definition) is 6. The van der Waals surface area contributed by atoms with E-state index < -0.39 is 35.9 Å². The fourth-order valence-electron chi connectivity index (χ4n) is 2.71. The number of anilines is 1. The molecule has 0 fully saturated rings. The molecule has 0 bridgehead atoms. The third-order valence-electron chi connectivity index (χ3n) is 4.28. The summed E-state index contributed by atoms with van der Waals surface area (Å²) in [4.78, 5) is 15.9. The van der Waals surface area contributed by atoms with Gasteiger partial charge in [0.05, 0.1) is 29.5 Å². The van der Waals surface area contributed by atoms with Crippen LogP contribution < -0.4 is 10.1 Å². The number of amides is 1. The van der Waals surface area contributed by atoms with Crippen LogP contribution in [0.15, 0.2) is 60.7 Å². The van der Waals surface area contributed by atoms with E-state index in [2.05, 4.69) is 10.3 Å². The molecule has 3 N–H and O–H groups in total. The minimum atomic E-state index is -4.64. The second kappa shape index (κ2) is 9.47. The zero-order chi connectivity index (χ0) is 23.3. The first-order chi connectivity index (χ1) is 15.2. The number of nitrogens with zero attached hydrogens (tertiary/aromatic N) is 2. The van der Waals surface area contributed by atoms with Crippen molar-refractivity contribution in [2.45, 2.75) is 12.3 Å². The molecule has 1 amide bonds. The first-order valence-electron chi connectivity index (χ1n) is 9.17. The smallest absolute Gasteiger partial charge is 0.417 e. The Morgan fingerprint density at radius 1 is 1.12 bits per heavy atom. The SMILES string of the molecule is N#Cc1cc(Oc2ccc(-c3cccc(NC(=O)C(O)CO)n3)cc2)ccc1C(F)(F)F. The molecule has 1 aromatic heterocycles. The summed E-state index contributed by atoms with van der Waals surface area (Å²) in [5, 5.41) is 29.5. The number of aliphatic hydroxyl groups is 2. The van der Waals surface area contributed by atoms with Gasteiger partial charge in [-0.15, -0.1) is 0 Å². The second-order valence-electron chi connectivity index (χ2n) is 6.54. The van der Waals surface area contributed by atoms with Gasteiger partial charge in [-0.25, -0.2) is 4.98 Å². The van der Waals surface area contributed by atoms with Gasteiger partial charge in [0.2, 0.25) is 0 Å². The van der Waals surface area contributed by atoms with Crippen molar-refractivity contribution in [2.24, 2.45) is 0 Å². The Kier molecular flexibility index (Phi) is 6.73. The monoisotopic (exact) mass is 443 g/mol. The summed E-state index contributed by atoms with van der Waals surface area (Å²) in [6.45, 7) is -0.720. The van der Waals surface area contributed by atoms with Crippen LogP contribution in [-0.2, 0) is 11.0 Å². The third kappa shape index (κ3) is 5.40. The summed E-state index contributed by atoms with van der Waals surface area (Å²) in [7, 11) is 0. The summed E-state index contributed by atoms with van der Waals surface area (Å²) >= 11 is 0. The Hall–Kier alpha value is -3.94. The number of carbonyl (C=O) groups excluding carboxylic acids is 1. The van der Waals surface area contributed by atoms with Gasteiger partial charge in [-0.1, -0.05) is 6.07 Å². The minimum absolute atomic E-state index is 0.0765. The number of aliphatic hydroxyl groups excluding tert-OH is 2. The van der Waals surface area contributed by atoms with E-state index in [9.17, 15) is 23.1 Å². The van der Waals surface area contributed by atoms with Crippen molar-refractivity contribution in [3.8, 4) is 28.8 Å². The molecule has 0 aliphatic rings. The number of carbonyl (C=O) groups is 1. The number of ether oxygens (including phenoxy) is 1.